The molecule has 0 unspecified atom stereocenters. The number of nitrogens with zero attached hydrogens (tertiary/aromatic N) is 2. The lowest BCUT2D eigenvalue weighted by Gasteiger charge is -2.22. The molecule has 0 heterocycles. The second kappa shape index (κ2) is 9.97. The van der Waals surface area contributed by atoms with E-state index in [2.05, 4.69) is 11.4 Å². The number of benzene rings is 2. The molecular weight excluding hydrogens is 358 g/mol. The Morgan fingerprint density at radius 2 is 1.82 bits per heavy atom. The molecule has 0 spiro atoms. The molecule has 0 aliphatic heterocycles. The van der Waals surface area contributed by atoms with Gasteiger partial charge in [0, 0.05) is 20.0 Å². The van der Waals surface area contributed by atoms with Gasteiger partial charge in [-0.3, -0.25) is 9.59 Å². The van der Waals surface area contributed by atoms with E-state index in [4.69, 9.17) is 9.47 Å². The maximum absolute atomic E-state index is 12.2. The molecule has 0 aliphatic carbocycles. The monoisotopic (exact) mass is 381 g/mol. The van der Waals surface area contributed by atoms with Crippen LogP contribution in [0.3, 0.4) is 0 Å². The number of carbonyl (C=O) groups is 2. The number of amides is 2. The number of hydrogen-bond donors (Lipinski definition) is 1. The lowest BCUT2D eigenvalue weighted by Crippen LogP contribution is -2.38. The second-order valence-electron chi connectivity index (χ2n) is 6.02. The standard InChI is InChI=1S/C21H23N3O4/c1-15(25)24(18-7-5-4-6-17(18)14-22)11-10-23-21(26)13-16-8-9-19(27-2)20(12-16)28-3/h4-9,12H,10-11,13H2,1-3H3,(H,23,26). The van der Waals surface area contributed by atoms with E-state index in [1.807, 2.05) is 0 Å². The van der Waals surface area contributed by atoms with Crippen molar-refractivity contribution in [2.24, 2.45) is 0 Å². The van der Waals surface area contributed by atoms with E-state index < -0.39 is 0 Å². The summed E-state index contributed by atoms with van der Waals surface area (Å²) < 4.78 is 10.4. The van der Waals surface area contributed by atoms with E-state index in [0.717, 1.165) is 5.56 Å². The van der Waals surface area contributed by atoms with Gasteiger partial charge in [0.1, 0.15) is 6.07 Å². The van der Waals surface area contributed by atoms with Crippen molar-refractivity contribution >= 4 is 17.5 Å². The number of nitriles is 1. The minimum atomic E-state index is -0.197. The van der Waals surface area contributed by atoms with Crippen LogP contribution >= 0.6 is 0 Å². The minimum Gasteiger partial charge on any atom is -0.493 e. The van der Waals surface area contributed by atoms with Crippen LogP contribution in [0.25, 0.3) is 0 Å². The summed E-state index contributed by atoms with van der Waals surface area (Å²) >= 11 is 0. The van der Waals surface area contributed by atoms with Gasteiger partial charge in [0.15, 0.2) is 11.5 Å². The molecule has 2 amide bonds. The van der Waals surface area contributed by atoms with Gasteiger partial charge in [-0.25, -0.2) is 0 Å². The average Bonchev–Trinajstić information content (AvgIpc) is 2.70. The molecule has 2 rings (SSSR count). The van der Waals surface area contributed by atoms with Crippen molar-refractivity contribution in [3.05, 3.63) is 53.6 Å². The summed E-state index contributed by atoms with van der Waals surface area (Å²) in [6.07, 6.45) is 0.176. The molecule has 146 valence electrons. The van der Waals surface area contributed by atoms with Gasteiger partial charge in [-0.15, -0.1) is 0 Å². The Hall–Kier alpha value is -3.53. The smallest absolute Gasteiger partial charge is 0.224 e. The van der Waals surface area contributed by atoms with Gasteiger partial charge in [0.25, 0.3) is 0 Å². The van der Waals surface area contributed by atoms with Crippen molar-refractivity contribution in [2.75, 3.05) is 32.2 Å². The minimum absolute atomic E-state index is 0.176. The van der Waals surface area contributed by atoms with Crippen LogP contribution in [0, 0.1) is 11.3 Å². The molecule has 7 heteroatoms. The van der Waals surface area contributed by atoms with E-state index in [0.29, 0.717) is 22.7 Å². The largest absolute Gasteiger partial charge is 0.493 e. The molecule has 1 N–H and O–H groups in total. The number of para-hydroxylation sites is 1. The van der Waals surface area contributed by atoms with Gasteiger partial charge >= 0.3 is 0 Å². The zero-order chi connectivity index (χ0) is 20.5. The number of anilines is 1. The second-order valence-corrected chi connectivity index (χ2v) is 6.02. The van der Waals surface area contributed by atoms with Crippen LogP contribution in [-0.4, -0.2) is 39.1 Å². The number of carbonyl (C=O) groups excluding carboxylic acids is 2. The summed E-state index contributed by atoms with van der Waals surface area (Å²) in [5.41, 5.74) is 1.73. The van der Waals surface area contributed by atoms with Crippen LogP contribution in [0.5, 0.6) is 11.5 Å². The highest BCUT2D eigenvalue weighted by molar-refractivity contribution is 5.93. The van der Waals surface area contributed by atoms with E-state index in [9.17, 15) is 14.9 Å². The first-order valence-corrected chi connectivity index (χ1v) is 8.75. The SMILES string of the molecule is COc1ccc(CC(=O)NCCN(C(C)=O)c2ccccc2C#N)cc1OC. The fourth-order valence-electron chi connectivity index (χ4n) is 2.80. The van der Waals surface area contributed by atoms with E-state index in [-0.39, 0.29) is 31.3 Å². The van der Waals surface area contributed by atoms with E-state index in [1.54, 1.807) is 49.6 Å². The van der Waals surface area contributed by atoms with Crippen molar-refractivity contribution in [3.63, 3.8) is 0 Å². The zero-order valence-corrected chi connectivity index (χ0v) is 16.2. The summed E-state index contributed by atoms with van der Waals surface area (Å²) in [6.45, 7) is 1.97. The van der Waals surface area contributed by atoms with Crippen molar-refractivity contribution in [3.8, 4) is 17.6 Å². The molecule has 2 aromatic carbocycles. The summed E-state index contributed by atoms with van der Waals surface area (Å²) in [4.78, 5) is 25.7. The van der Waals surface area contributed by atoms with Crippen LogP contribution in [0.2, 0.25) is 0 Å². The molecule has 7 nitrogen and oxygen atoms in total. The van der Waals surface area contributed by atoms with Crippen LogP contribution in [-0.2, 0) is 16.0 Å². The highest BCUT2D eigenvalue weighted by Crippen LogP contribution is 2.27. The Kier molecular flexibility index (Phi) is 7.40. The maximum Gasteiger partial charge on any atom is 0.224 e. The zero-order valence-electron chi connectivity index (χ0n) is 16.2. The first-order chi connectivity index (χ1) is 13.5. The predicted molar refractivity (Wildman–Crippen MR) is 105 cm³/mol. The molecule has 0 saturated heterocycles. The third kappa shape index (κ3) is 5.24. The fraction of sp³-hybridized carbons (Fsp3) is 0.286. The van der Waals surface area contributed by atoms with Gasteiger partial charge in [-0.1, -0.05) is 18.2 Å². The summed E-state index contributed by atoms with van der Waals surface area (Å²) in [5, 5.41) is 12.0. The van der Waals surface area contributed by atoms with Crippen LogP contribution in [0.4, 0.5) is 5.69 Å². The summed E-state index contributed by atoms with van der Waals surface area (Å²) in [7, 11) is 3.09. The lowest BCUT2D eigenvalue weighted by atomic mass is 10.1. The topological polar surface area (TPSA) is 91.7 Å². The third-order valence-electron chi connectivity index (χ3n) is 4.17. The number of rotatable bonds is 8. The van der Waals surface area contributed by atoms with E-state index in [1.165, 1.54) is 18.9 Å². The first kappa shape index (κ1) is 20.8. The van der Waals surface area contributed by atoms with Crippen molar-refractivity contribution in [2.45, 2.75) is 13.3 Å². The molecular formula is C21H23N3O4. The number of hydrogen-bond acceptors (Lipinski definition) is 5. The molecule has 0 fully saturated rings. The predicted octanol–water partition coefficient (Wildman–Crippen LogP) is 2.29. The Labute approximate surface area is 164 Å². The van der Waals surface area contributed by atoms with Crippen molar-refractivity contribution in [1.29, 1.82) is 5.26 Å². The fourth-order valence-corrected chi connectivity index (χ4v) is 2.80. The van der Waals surface area contributed by atoms with E-state index >= 15 is 0 Å². The van der Waals surface area contributed by atoms with Crippen LogP contribution in [0.15, 0.2) is 42.5 Å². The summed E-state index contributed by atoms with van der Waals surface area (Å²) in [6, 6.07) is 14.3. The molecule has 2 aromatic rings. The summed E-state index contributed by atoms with van der Waals surface area (Å²) in [5.74, 6) is 0.782. The lowest BCUT2D eigenvalue weighted by molar-refractivity contribution is -0.121. The van der Waals surface area contributed by atoms with Gasteiger partial charge < -0.3 is 19.7 Å². The molecule has 0 aromatic heterocycles. The van der Waals surface area contributed by atoms with Crippen molar-refractivity contribution in [1.82, 2.24) is 5.32 Å². The van der Waals surface area contributed by atoms with Crippen molar-refractivity contribution < 1.29 is 19.1 Å². The Balaban J connectivity index is 1.96. The Morgan fingerprint density at radius 1 is 1.11 bits per heavy atom. The highest BCUT2D eigenvalue weighted by atomic mass is 16.5. The quantitative estimate of drug-likeness (QED) is 0.757. The Bertz CT molecular complexity index is 889. The van der Waals surface area contributed by atoms with Gasteiger partial charge in [0.2, 0.25) is 11.8 Å². The van der Waals surface area contributed by atoms with Gasteiger partial charge in [0.05, 0.1) is 31.9 Å². The molecule has 28 heavy (non-hydrogen) atoms. The molecule has 0 atom stereocenters. The molecule has 0 aliphatic rings. The Morgan fingerprint density at radius 3 is 2.46 bits per heavy atom. The highest BCUT2D eigenvalue weighted by Gasteiger charge is 2.15. The molecule has 0 bridgehead atoms. The number of ether oxygens (including phenoxy) is 2. The number of nitrogens with one attached hydrogen (secondary N) is 1. The van der Waals surface area contributed by atoms with Crippen LogP contribution in [0.1, 0.15) is 18.1 Å². The van der Waals surface area contributed by atoms with Gasteiger partial charge in [-0.05, 0) is 29.8 Å². The first-order valence-electron chi connectivity index (χ1n) is 8.75. The maximum atomic E-state index is 12.2. The molecule has 0 radical (unpaired) electrons. The number of methoxy groups -OCH3 is 2. The van der Waals surface area contributed by atoms with Crippen LogP contribution < -0.4 is 19.7 Å². The normalized spacial score (nSPS) is 9.93. The molecule has 0 saturated carbocycles. The third-order valence-corrected chi connectivity index (χ3v) is 4.17. The van der Waals surface area contributed by atoms with Gasteiger partial charge in [-0.2, -0.15) is 5.26 Å². The average molecular weight is 381 g/mol.